The first-order valence-electron chi connectivity index (χ1n) is 11.7. The Morgan fingerprint density at radius 2 is 1.41 bits per heavy atom. The molecule has 0 bridgehead atoms. The van der Waals surface area contributed by atoms with E-state index in [1.165, 1.54) is 14.2 Å². The predicted molar refractivity (Wildman–Crippen MR) is 138 cm³/mol. The van der Waals surface area contributed by atoms with Crippen molar-refractivity contribution < 1.29 is 28.6 Å². The number of nitrogens with zero attached hydrogens (tertiary/aromatic N) is 1. The maximum Gasteiger partial charge on any atom is 0.339 e. The van der Waals surface area contributed by atoms with Crippen molar-refractivity contribution in [2.75, 3.05) is 26.2 Å². The molecule has 5 rings (SSSR count). The Morgan fingerprint density at radius 1 is 0.784 bits per heavy atom. The Hall–Kier alpha value is -4.65. The normalized spacial score (nSPS) is 16.4. The molecule has 1 unspecified atom stereocenters. The molecule has 0 saturated heterocycles. The second-order valence-electron chi connectivity index (χ2n) is 8.75. The number of methoxy groups -OCH3 is 3. The molecule has 0 saturated carbocycles. The number of hydrogen-bond donors (Lipinski definition) is 0. The van der Waals surface area contributed by atoms with Crippen LogP contribution in [-0.2, 0) is 19.1 Å². The van der Waals surface area contributed by atoms with Crippen molar-refractivity contribution in [3.63, 3.8) is 0 Å². The number of carbonyl (C=O) groups is 3. The number of esters is 2. The van der Waals surface area contributed by atoms with Crippen LogP contribution in [0.25, 0.3) is 5.70 Å². The van der Waals surface area contributed by atoms with Crippen molar-refractivity contribution in [2.24, 2.45) is 0 Å². The predicted octanol–water partition coefficient (Wildman–Crippen LogP) is 4.82. The Kier molecular flexibility index (Phi) is 6.13. The summed E-state index contributed by atoms with van der Waals surface area (Å²) in [7, 11) is 4.05. The first-order chi connectivity index (χ1) is 17.9. The largest absolute Gasteiger partial charge is 0.497 e. The minimum Gasteiger partial charge on any atom is -0.497 e. The maximum atomic E-state index is 13.8. The van der Waals surface area contributed by atoms with Gasteiger partial charge in [0.15, 0.2) is 5.78 Å². The number of ketones is 1. The molecule has 7 nitrogen and oxygen atoms in total. The lowest BCUT2D eigenvalue weighted by atomic mass is 9.83. The number of carbonyl (C=O) groups excluding carboxylic acids is 3. The Morgan fingerprint density at radius 3 is 2.00 bits per heavy atom. The zero-order valence-corrected chi connectivity index (χ0v) is 20.9. The maximum absolute atomic E-state index is 13.8. The summed E-state index contributed by atoms with van der Waals surface area (Å²) in [5, 5.41) is 0. The lowest BCUT2D eigenvalue weighted by molar-refractivity contribution is -0.139. The highest BCUT2D eigenvalue weighted by molar-refractivity contribution is 6.30. The Balaban J connectivity index is 1.91. The Labute approximate surface area is 214 Å². The quantitative estimate of drug-likeness (QED) is 0.470. The number of rotatable bonds is 5. The number of ether oxygens (including phenoxy) is 3. The molecule has 0 amide bonds. The minimum atomic E-state index is -0.798. The standard InChI is InChI=1S/C30H25NO6/c1-17-9-13-19(14-10-17)31-26(18-11-15-20(35-2)16-12-18)25(30(34)37-4)23(29(33)36-3)24-27(31)21-7-5-6-8-22(21)28(24)32/h5-16,26H,1-4H3. The molecule has 0 spiro atoms. The van der Waals surface area contributed by atoms with Crippen LogP contribution in [0.2, 0.25) is 0 Å². The van der Waals surface area contributed by atoms with Crippen molar-refractivity contribution >= 4 is 29.1 Å². The van der Waals surface area contributed by atoms with Crippen LogP contribution in [0.3, 0.4) is 0 Å². The SMILES string of the molecule is COC(=O)C1=C(C(=O)OC)C(c2ccc(OC)cc2)N(c2ccc(C)cc2)C2=C1C(=O)c1ccccc12. The van der Waals surface area contributed by atoms with Gasteiger partial charge in [-0.2, -0.15) is 0 Å². The van der Waals surface area contributed by atoms with E-state index in [1.807, 2.05) is 60.4 Å². The van der Waals surface area contributed by atoms with Gasteiger partial charge in [-0.15, -0.1) is 0 Å². The summed E-state index contributed by atoms with van der Waals surface area (Å²) >= 11 is 0. The van der Waals surface area contributed by atoms with Gasteiger partial charge in [-0.3, -0.25) is 4.79 Å². The zero-order valence-electron chi connectivity index (χ0n) is 20.9. The number of aryl methyl sites for hydroxylation is 1. The Bertz CT molecular complexity index is 1480. The smallest absolute Gasteiger partial charge is 0.339 e. The molecule has 0 aromatic heterocycles. The summed E-state index contributed by atoms with van der Waals surface area (Å²) in [5.41, 5.74) is 4.22. The lowest BCUT2D eigenvalue weighted by Gasteiger charge is -2.40. The summed E-state index contributed by atoms with van der Waals surface area (Å²) < 4.78 is 15.6. The van der Waals surface area contributed by atoms with E-state index in [0.29, 0.717) is 28.1 Å². The summed E-state index contributed by atoms with van der Waals surface area (Å²) in [5.74, 6) is -1.22. The van der Waals surface area contributed by atoms with E-state index in [4.69, 9.17) is 14.2 Å². The summed E-state index contributed by atoms with van der Waals surface area (Å²) in [6.07, 6.45) is 0. The summed E-state index contributed by atoms with van der Waals surface area (Å²) in [6, 6.07) is 21.4. The van der Waals surface area contributed by atoms with E-state index in [2.05, 4.69) is 0 Å². The third-order valence-corrected chi connectivity index (χ3v) is 6.72. The molecule has 0 N–H and O–H groups in total. The molecule has 1 aliphatic heterocycles. The lowest BCUT2D eigenvalue weighted by Crippen LogP contribution is -2.38. The van der Waals surface area contributed by atoms with Crippen LogP contribution in [0, 0.1) is 6.92 Å². The highest BCUT2D eigenvalue weighted by Crippen LogP contribution is 2.51. The molecule has 0 fully saturated rings. The van der Waals surface area contributed by atoms with Gasteiger partial charge in [0.05, 0.1) is 49.8 Å². The summed E-state index contributed by atoms with van der Waals surface area (Å²) in [6.45, 7) is 1.98. The van der Waals surface area contributed by atoms with Gasteiger partial charge in [0, 0.05) is 16.8 Å². The van der Waals surface area contributed by atoms with E-state index >= 15 is 0 Å². The number of Topliss-reactive ketones (excluding diaryl/α,β-unsaturated/α-hetero) is 1. The van der Waals surface area contributed by atoms with Crippen LogP contribution in [0.5, 0.6) is 5.75 Å². The van der Waals surface area contributed by atoms with Crippen molar-refractivity contribution in [3.05, 3.63) is 112 Å². The third-order valence-electron chi connectivity index (χ3n) is 6.72. The van der Waals surface area contributed by atoms with Crippen LogP contribution < -0.4 is 9.64 Å². The van der Waals surface area contributed by atoms with E-state index in [9.17, 15) is 14.4 Å². The minimum absolute atomic E-state index is 0.0278. The van der Waals surface area contributed by atoms with Gasteiger partial charge < -0.3 is 19.1 Å². The third kappa shape index (κ3) is 3.80. The second kappa shape index (κ2) is 9.43. The van der Waals surface area contributed by atoms with Crippen molar-refractivity contribution in [1.29, 1.82) is 0 Å². The van der Waals surface area contributed by atoms with E-state index in [0.717, 1.165) is 11.3 Å². The van der Waals surface area contributed by atoms with Gasteiger partial charge in [-0.25, -0.2) is 9.59 Å². The van der Waals surface area contributed by atoms with E-state index < -0.39 is 18.0 Å². The fourth-order valence-electron chi connectivity index (χ4n) is 5.00. The van der Waals surface area contributed by atoms with E-state index in [1.54, 1.807) is 31.4 Å². The van der Waals surface area contributed by atoms with Gasteiger partial charge >= 0.3 is 11.9 Å². The van der Waals surface area contributed by atoms with Crippen LogP contribution in [-0.4, -0.2) is 39.1 Å². The van der Waals surface area contributed by atoms with Gasteiger partial charge in [-0.05, 0) is 36.8 Å². The van der Waals surface area contributed by atoms with Crippen LogP contribution in [0.1, 0.15) is 33.1 Å². The van der Waals surface area contributed by atoms with Gasteiger partial charge in [0.25, 0.3) is 0 Å². The zero-order chi connectivity index (χ0) is 26.3. The monoisotopic (exact) mass is 495 g/mol. The van der Waals surface area contributed by atoms with Gasteiger partial charge in [-0.1, -0.05) is 54.1 Å². The van der Waals surface area contributed by atoms with Gasteiger partial charge in [0.1, 0.15) is 5.75 Å². The fraction of sp³-hybridized carbons (Fsp3) is 0.167. The molecule has 2 aliphatic rings. The highest BCUT2D eigenvalue weighted by atomic mass is 16.5. The molecule has 0 radical (unpaired) electrons. The highest BCUT2D eigenvalue weighted by Gasteiger charge is 2.48. The molecular weight excluding hydrogens is 470 g/mol. The molecule has 1 heterocycles. The first-order valence-corrected chi connectivity index (χ1v) is 11.7. The number of fused-ring (bicyclic) bond motifs is 2. The average Bonchev–Trinajstić information content (AvgIpc) is 3.23. The topological polar surface area (TPSA) is 82.1 Å². The van der Waals surface area contributed by atoms with Crippen molar-refractivity contribution in [2.45, 2.75) is 13.0 Å². The number of hydrogen-bond acceptors (Lipinski definition) is 7. The molecule has 7 heteroatoms. The molecule has 1 atom stereocenters. The first kappa shape index (κ1) is 24.1. The van der Waals surface area contributed by atoms with Crippen LogP contribution in [0.15, 0.2) is 89.5 Å². The fourth-order valence-corrected chi connectivity index (χ4v) is 5.00. The molecule has 186 valence electrons. The summed E-state index contributed by atoms with van der Waals surface area (Å²) in [4.78, 5) is 42.4. The van der Waals surface area contributed by atoms with Crippen LogP contribution >= 0.6 is 0 Å². The number of benzene rings is 3. The van der Waals surface area contributed by atoms with Crippen molar-refractivity contribution in [3.8, 4) is 5.75 Å². The molecule has 3 aromatic carbocycles. The average molecular weight is 496 g/mol. The second-order valence-corrected chi connectivity index (χ2v) is 8.75. The van der Waals surface area contributed by atoms with Crippen LogP contribution in [0.4, 0.5) is 5.69 Å². The molecule has 3 aromatic rings. The van der Waals surface area contributed by atoms with Crippen molar-refractivity contribution in [1.82, 2.24) is 0 Å². The van der Waals surface area contributed by atoms with E-state index in [-0.39, 0.29) is 22.5 Å². The molecule has 1 aliphatic carbocycles. The van der Waals surface area contributed by atoms with Gasteiger partial charge in [0.2, 0.25) is 0 Å². The number of anilines is 1. The molecular formula is C30H25NO6. The molecule has 37 heavy (non-hydrogen) atoms.